The molecule has 0 amide bonds. The summed E-state index contributed by atoms with van der Waals surface area (Å²) in [5, 5.41) is 2.42. The van der Waals surface area contributed by atoms with Gasteiger partial charge in [-0.05, 0) is 126 Å². The van der Waals surface area contributed by atoms with E-state index in [9.17, 15) is 0 Å². The van der Waals surface area contributed by atoms with Gasteiger partial charge in [0.05, 0.1) is 0 Å². The molecule has 0 N–H and O–H groups in total. The number of ether oxygens (including phenoxy) is 21. The van der Waals surface area contributed by atoms with Crippen molar-refractivity contribution >= 4 is 10.8 Å². The monoisotopic (exact) mass is 3370 g/mol. The SMILES string of the molecule is C.C.C.C.C.C.C.C.C.C.C.C.C.C.CCOC[C-]1COC1.CCOC[C-]1COC1.CCOC[C-]1COC1.CC[C-]1COC1.COCOC[C-]1COC1.Cc1ccc(-c2ccc(OCOC[C-]3COC3)cc2)cc1.Cc1ccc(OCOC[C-]2COC2)cc1.Cc1ccc(OC[C-]2COC2)cc1.Cc1ccc2cc(OCOC[C-]3COC3)ccc2c1.[W].[W].[W].[W].[W].[W].[W].[W].[W]. The molecule has 9 aliphatic rings. The van der Waals surface area contributed by atoms with Crippen LogP contribution in [0.5, 0.6) is 23.0 Å². The molecule has 0 aromatic heterocycles. The van der Waals surface area contributed by atoms with Crippen LogP contribution in [0.4, 0.5) is 0 Å². The Kier molecular flexibility index (Phi) is 141. The van der Waals surface area contributed by atoms with Crippen molar-refractivity contribution in [1.29, 1.82) is 0 Å². The third-order valence-electron chi connectivity index (χ3n) is 16.6. The summed E-state index contributed by atoms with van der Waals surface area (Å²) in [6.07, 6.45) is 1.21. The molecule has 9 saturated heterocycles. The molecule has 15 rings (SSSR count). The predicted molar refractivity (Wildman–Crippen MR) is 506 cm³/mol. The number of hydrogen-bond donors (Lipinski definition) is 0. The molecule has 0 spiro atoms. The Balaban J connectivity index is -0.0000000737. The van der Waals surface area contributed by atoms with E-state index in [4.69, 9.17) is 94.7 Å². The molecule has 9 heterocycles. The predicted octanol–water partition coefficient (Wildman–Crippen LogP) is 22.6. The zero-order valence-electron chi connectivity index (χ0n) is 68.5. The smallest absolute Gasteiger partial charge is 0.186 e. The molecule has 6 aromatic rings. The molecule has 0 unspecified atom stereocenters. The second-order valence-electron chi connectivity index (χ2n) is 26.4. The number of methoxy groups -OCH3 is 1. The van der Waals surface area contributed by atoms with E-state index in [0.29, 0.717) is 46.6 Å². The van der Waals surface area contributed by atoms with Crippen LogP contribution in [0.1, 0.15) is 160 Å². The largest absolute Gasteiger partial charge is 0.525 e. The van der Waals surface area contributed by atoms with Gasteiger partial charge in [0.1, 0.15) is 29.8 Å². The van der Waals surface area contributed by atoms with E-state index in [1.54, 1.807) is 13.0 Å². The van der Waals surface area contributed by atoms with Crippen LogP contribution in [-0.2, 0) is 270 Å². The Bertz CT molecular complexity index is 3130. The van der Waals surface area contributed by atoms with Gasteiger partial charge in [-0.2, -0.15) is 6.42 Å². The van der Waals surface area contributed by atoms with Crippen molar-refractivity contribution < 1.29 is 289 Å². The van der Waals surface area contributed by atoms with Crippen LogP contribution in [0.25, 0.3) is 21.9 Å². The average molecular weight is 3370 g/mol. The summed E-state index contributed by atoms with van der Waals surface area (Å²) in [6.45, 7) is 40.1. The quantitative estimate of drug-likeness (QED) is 0.0214. The van der Waals surface area contributed by atoms with Crippen LogP contribution in [0.15, 0.2) is 133 Å². The van der Waals surface area contributed by atoms with Gasteiger partial charge in [0, 0.05) is 217 Å². The van der Waals surface area contributed by atoms with E-state index in [2.05, 4.69) is 105 Å². The van der Waals surface area contributed by atoms with Crippen LogP contribution in [0.3, 0.4) is 0 Å². The molecule has 0 saturated carbocycles. The zero-order chi connectivity index (χ0) is 75.6. The minimum Gasteiger partial charge on any atom is -0.525 e. The van der Waals surface area contributed by atoms with Crippen LogP contribution < -0.4 is 18.9 Å². The molecule has 21 nitrogen and oxygen atoms in total. The van der Waals surface area contributed by atoms with Crippen molar-refractivity contribution in [3.05, 3.63) is 209 Å². The molecule has 130 heavy (non-hydrogen) atoms. The summed E-state index contributed by atoms with van der Waals surface area (Å²) in [6, 6.07) is 45.1. The van der Waals surface area contributed by atoms with E-state index in [-0.39, 0.29) is 307 Å². The minimum absolute atomic E-state index is 0. The molecular weight excluding hydrogens is 3190 g/mol. The molecule has 0 atom stereocenters. The molecular formula is C100H173O21W9-9. The molecule has 762 valence electrons. The summed E-state index contributed by atoms with van der Waals surface area (Å²) in [5.41, 5.74) is 7.42. The summed E-state index contributed by atoms with van der Waals surface area (Å²) in [7, 11) is 1.61. The van der Waals surface area contributed by atoms with Crippen LogP contribution in [0, 0.1) is 81.0 Å². The standard InChI is InChI=1S/C18H19O3.C16H17O3.C12H15O3.C11H13O2.C6H11O3.3C6H11O2.C5H9O.14CH4.9W/c1-14-2-4-16(5-3-14)17-6-8-18(9-7-17)21-13-20-12-15-10-19-11-15;1-12-2-3-15-7-16(5-4-14(15)6-12)19-11-18-10-13-8-17-9-13;1-10-2-4-12(5-3-10)15-9-14-8-11-6-13-7-11;1-9-2-4-11(5-3-9)13-8-10-6-12-7-10;1-7-5-9-4-6-2-8-3-6;3*1-2-7-3-6-4-8-5-6;1-2-5-3-6-4-5;;;;;;;;;;;;;;;;;;;;;;;/h2-9H,10-13H2,1H3;2-7H,8-11H2,1H3;2-5H,6-9H2,1H3;2-5H,6-8H2,1H3;2-5H2,1H3;3*2-5H2,1H3;2-4H2,1H3;14*1H4;;;;;;;;;/q9*-1;;;;;;;;;;;;;;;;;;;;;;;. The van der Waals surface area contributed by atoms with Gasteiger partial charge >= 0.3 is 0 Å². The number of aryl methyl sites for hydroxylation is 4. The summed E-state index contributed by atoms with van der Waals surface area (Å²) >= 11 is 0. The van der Waals surface area contributed by atoms with Gasteiger partial charge in [0.15, 0.2) is 20.4 Å². The molecule has 0 aliphatic carbocycles. The maximum absolute atomic E-state index is 5.59. The maximum Gasteiger partial charge on any atom is 0.186 e. The van der Waals surface area contributed by atoms with Crippen molar-refractivity contribution in [1.82, 2.24) is 0 Å². The summed E-state index contributed by atoms with van der Waals surface area (Å²) in [5.74, 6) is 15.6. The zero-order valence-corrected chi connectivity index (χ0v) is 94.9. The van der Waals surface area contributed by atoms with Gasteiger partial charge in [-0.3, -0.25) is 5.92 Å². The van der Waals surface area contributed by atoms with Crippen molar-refractivity contribution in [3.63, 3.8) is 0 Å². The van der Waals surface area contributed by atoms with Gasteiger partial charge in [-0.1, -0.05) is 383 Å². The fraction of sp³-hybridized carbons (Fsp3) is 0.570. The Morgan fingerprint density at radius 2 is 0.431 bits per heavy atom. The second kappa shape index (κ2) is 108. The average Bonchev–Trinajstić information content (AvgIpc) is 0.796. The number of benzene rings is 6. The second-order valence-corrected chi connectivity index (χ2v) is 26.4. The molecule has 6 aromatic carbocycles. The van der Waals surface area contributed by atoms with Gasteiger partial charge in [0.2, 0.25) is 0 Å². The third-order valence-corrected chi connectivity index (χ3v) is 16.6. The summed E-state index contributed by atoms with van der Waals surface area (Å²) < 4.78 is 108. The number of fused-ring (bicyclic) bond motifs is 1. The van der Waals surface area contributed by atoms with E-state index < -0.39 is 0 Å². The van der Waals surface area contributed by atoms with Gasteiger partial charge in [-0.25, -0.2) is 47.3 Å². The fourth-order valence-corrected chi connectivity index (χ4v) is 9.36. The third kappa shape index (κ3) is 76.1. The first-order valence-electron chi connectivity index (χ1n) is 37.0. The Morgan fingerprint density at radius 3 is 0.685 bits per heavy atom. The van der Waals surface area contributed by atoms with Gasteiger partial charge < -0.3 is 99.5 Å². The number of hydrogen-bond acceptors (Lipinski definition) is 21. The molecule has 0 bridgehead atoms. The molecule has 0 radical (unpaired) electrons. The topological polar surface area (TPSA) is 194 Å². The molecule has 9 fully saturated rings. The van der Waals surface area contributed by atoms with E-state index >= 15 is 0 Å². The normalized spacial score (nSPS) is 14.4. The Morgan fingerprint density at radius 1 is 0.223 bits per heavy atom. The maximum atomic E-state index is 5.59. The minimum atomic E-state index is 0. The first kappa shape index (κ1) is 170. The van der Waals surface area contributed by atoms with Crippen molar-refractivity contribution in [2.75, 3.05) is 226 Å². The van der Waals surface area contributed by atoms with Crippen molar-refractivity contribution in [2.45, 2.75) is 166 Å². The van der Waals surface area contributed by atoms with E-state index in [0.717, 1.165) is 182 Å². The van der Waals surface area contributed by atoms with Gasteiger partial charge in [-0.15, -0.1) is 0 Å². The summed E-state index contributed by atoms with van der Waals surface area (Å²) in [4.78, 5) is 0. The van der Waals surface area contributed by atoms with Crippen molar-refractivity contribution in [3.8, 4) is 34.1 Å². The van der Waals surface area contributed by atoms with Crippen LogP contribution >= 0.6 is 0 Å². The molecule has 30 heteroatoms. The Labute approximate surface area is 924 Å². The van der Waals surface area contributed by atoms with Gasteiger partial charge in [0.25, 0.3) is 0 Å². The Hall–Kier alpha value is 0.295. The van der Waals surface area contributed by atoms with Crippen LogP contribution in [-0.4, -0.2) is 226 Å². The van der Waals surface area contributed by atoms with E-state index in [1.165, 1.54) is 97.9 Å². The first-order valence-corrected chi connectivity index (χ1v) is 37.0. The first-order chi connectivity index (χ1) is 52.5. The fourth-order valence-electron chi connectivity index (χ4n) is 9.36. The van der Waals surface area contributed by atoms with Crippen molar-refractivity contribution in [2.24, 2.45) is 0 Å². The molecule has 9 aliphatic heterocycles. The van der Waals surface area contributed by atoms with E-state index in [1.807, 2.05) is 88.4 Å². The van der Waals surface area contributed by atoms with Crippen LogP contribution in [0.2, 0.25) is 0 Å². The number of rotatable bonds is 33.